The number of pyridine rings is 1. The average molecular weight is 392 g/mol. The van der Waals surface area contributed by atoms with Crippen LogP contribution < -0.4 is 5.32 Å². The van der Waals surface area contributed by atoms with Crippen molar-refractivity contribution in [3.05, 3.63) is 89.0 Å². The Morgan fingerprint density at radius 1 is 1.04 bits per heavy atom. The van der Waals surface area contributed by atoms with Gasteiger partial charge in [0.1, 0.15) is 5.01 Å². The zero-order valence-electron chi connectivity index (χ0n) is 14.1. The lowest BCUT2D eigenvalue weighted by molar-refractivity contribution is 0.102. The van der Waals surface area contributed by atoms with Gasteiger partial charge in [0.25, 0.3) is 5.91 Å². The van der Waals surface area contributed by atoms with Crippen LogP contribution in [0, 0.1) is 0 Å². The van der Waals surface area contributed by atoms with Crippen LogP contribution in [0.5, 0.6) is 0 Å². The number of benzene rings is 2. The number of hydrogen-bond donors (Lipinski definition) is 1. The standard InChI is InChI=1S/C21H14ClN3OS/c22-18-9-2-1-8-17(18)21-25-19(13-27-21)14-5-3-7-16(11-14)24-20(26)15-6-4-10-23-12-15/h1-13H,(H,24,26). The van der Waals surface area contributed by atoms with Crippen molar-refractivity contribution < 1.29 is 4.79 Å². The molecular weight excluding hydrogens is 378 g/mol. The van der Waals surface area contributed by atoms with Crippen molar-refractivity contribution in [2.75, 3.05) is 5.32 Å². The molecule has 0 aliphatic carbocycles. The number of amides is 1. The third-order valence-corrected chi connectivity index (χ3v) is 5.15. The summed E-state index contributed by atoms with van der Waals surface area (Å²) in [6.07, 6.45) is 3.17. The largest absolute Gasteiger partial charge is 0.322 e. The minimum Gasteiger partial charge on any atom is -0.322 e. The summed E-state index contributed by atoms with van der Waals surface area (Å²) in [5.74, 6) is -0.199. The van der Waals surface area contributed by atoms with Crippen LogP contribution in [0.25, 0.3) is 21.8 Å². The fourth-order valence-corrected chi connectivity index (χ4v) is 3.77. The Labute approximate surface area is 165 Å². The van der Waals surface area contributed by atoms with E-state index in [4.69, 9.17) is 16.6 Å². The second kappa shape index (κ2) is 7.70. The number of aromatic nitrogens is 2. The molecule has 2 aromatic carbocycles. The topological polar surface area (TPSA) is 54.9 Å². The molecule has 0 spiro atoms. The zero-order chi connectivity index (χ0) is 18.6. The highest BCUT2D eigenvalue weighted by Crippen LogP contribution is 2.33. The third kappa shape index (κ3) is 3.89. The maximum Gasteiger partial charge on any atom is 0.257 e. The predicted molar refractivity (Wildman–Crippen MR) is 110 cm³/mol. The van der Waals surface area contributed by atoms with Crippen LogP contribution in [0.1, 0.15) is 10.4 Å². The third-order valence-electron chi connectivity index (χ3n) is 3.95. The molecule has 0 unspecified atom stereocenters. The summed E-state index contributed by atoms with van der Waals surface area (Å²) < 4.78 is 0. The van der Waals surface area contributed by atoms with Crippen molar-refractivity contribution >= 4 is 34.5 Å². The first-order valence-corrected chi connectivity index (χ1v) is 9.49. The molecule has 1 N–H and O–H groups in total. The van der Waals surface area contributed by atoms with E-state index in [-0.39, 0.29) is 5.91 Å². The molecule has 2 heterocycles. The van der Waals surface area contributed by atoms with Crippen molar-refractivity contribution in [1.29, 1.82) is 0 Å². The summed E-state index contributed by atoms with van der Waals surface area (Å²) in [5, 5.41) is 6.42. The summed E-state index contributed by atoms with van der Waals surface area (Å²) in [5.41, 5.74) is 3.89. The van der Waals surface area contributed by atoms with Gasteiger partial charge in [-0.15, -0.1) is 11.3 Å². The van der Waals surface area contributed by atoms with Gasteiger partial charge in [-0.05, 0) is 30.3 Å². The monoisotopic (exact) mass is 391 g/mol. The maximum atomic E-state index is 12.3. The molecular formula is C21H14ClN3OS. The number of hydrogen-bond acceptors (Lipinski definition) is 4. The first-order valence-electron chi connectivity index (χ1n) is 8.23. The van der Waals surface area contributed by atoms with Crippen molar-refractivity contribution in [3.63, 3.8) is 0 Å². The number of nitrogens with zero attached hydrogens (tertiary/aromatic N) is 2. The van der Waals surface area contributed by atoms with Gasteiger partial charge in [0.2, 0.25) is 0 Å². The Kier molecular flexibility index (Phi) is 4.96. The minimum absolute atomic E-state index is 0.199. The van der Waals surface area contributed by atoms with E-state index in [0.29, 0.717) is 16.3 Å². The van der Waals surface area contributed by atoms with E-state index in [2.05, 4.69) is 10.3 Å². The molecule has 132 valence electrons. The zero-order valence-corrected chi connectivity index (χ0v) is 15.7. The van der Waals surface area contributed by atoms with Crippen molar-refractivity contribution in [2.24, 2.45) is 0 Å². The summed E-state index contributed by atoms with van der Waals surface area (Å²) >= 11 is 7.81. The molecule has 0 aliphatic rings. The number of anilines is 1. The highest BCUT2D eigenvalue weighted by Gasteiger charge is 2.11. The SMILES string of the molecule is O=C(Nc1cccc(-c2csc(-c3ccccc3Cl)n2)c1)c1cccnc1. The Balaban J connectivity index is 1.58. The van der Waals surface area contributed by atoms with Crippen LogP contribution in [0.3, 0.4) is 0 Å². The Bertz CT molecular complexity index is 1100. The fraction of sp³-hybridized carbons (Fsp3) is 0. The second-order valence-corrected chi connectivity index (χ2v) is 7.06. The summed E-state index contributed by atoms with van der Waals surface area (Å²) in [4.78, 5) is 21.0. The Morgan fingerprint density at radius 3 is 2.74 bits per heavy atom. The fourth-order valence-electron chi connectivity index (χ4n) is 2.62. The summed E-state index contributed by atoms with van der Waals surface area (Å²) in [6, 6.07) is 18.7. The van der Waals surface area contributed by atoms with Gasteiger partial charge >= 0.3 is 0 Å². The van der Waals surface area contributed by atoms with E-state index in [1.54, 1.807) is 18.3 Å². The lowest BCUT2D eigenvalue weighted by atomic mass is 10.1. The molecule has 0 bridgehead atoms. The smallest absolute Gasteiger partial charge is 0.257 e. The number of rotatable bonds is 4. The van der Waals surface area contributed by atoms with Crippen LogP contribution in [0.2, 0.25) is 5.02 Å². The number of halogens is 1. The number of nitrogens with one attached hydrogen (secondary N) is 1. The van der Waals surface area contributed by atoms with Gasteiger partial charge in [0.15, 0.2) is 0 Å². The van der Waals surface area contributed by atoms with Crippen LogP contribution in [0.4, 0.5) is 5.69 Å². The van der Waals surface area contributed by atoms with Crippen LogP contribution in [-0.2, 0) is 0 Å². The van der Waals surface area contributed by atoms with Crippen LogP contribution >= 0.6 is 22.9 Å². The predicted octanol–water partition coefficient (Wildman–Crippen LogP) is 5.78. The highest BCUT2D eigenvalue weighted by atomic mass is 35.5. The molecule has 0 atom stereocenters. The lowest BCUT2D eigenvalue weighted by Gasteiger charge is -2.06. The summed E-state index contributed by atoms with van der Waals surface area (Å²) in [7, 11) is 0. The summed E-state index contributed by atoms with van der Waals surface area (Å²) in [6.45, 7) is 0. The Morgan fingerprint density at radius 2 is 1.93 bits per heavy atom. The average Bonchev–Trinajstić information content (AvgIpc) is 3.19. The molecule has 0 saturated heterocycles. The molecule has 0 aliphatic heterocycles. The molecule has 4 nitrogen and oxygen atoms in total. The molecule has 0 fully saturated rings. The van der Waals surface area contributed by atoms with Gasteiger partial charge in [-0.25, -0.2) is 4.98 Å². The van der Waals surface area contributed by atoms with Gasteiger partial charge in [-0.3, -0.25) is 9.78 Å². The normalized spacial score (nSPS) is 10.6. The Hall–Kier alpha value is -3.02. The highest BCUT2D eigenvalue weighted by molar-refractivity contribution is 7.13. The van der Waals surface area contributed by atoms with Gasteiger partial charge in [0, 0.05) is 34.6 Å². The molecule has 0 saturated carbocycles. The van der Waals surface area contributed by atoms with Gasteiger partial charge in [0.05, 0.1) is 16.3 Å². The molecule has 0 radical (unpaired) electrons. The van der Waals surface area contributed by atoms with Crippen molar-refractivity contribution in [1.82, 2.24) is 9.97 Å². The quantitative estimate of drug-likeness (QED) is 0.480. The van der Waals surface area contributed by atoms with E-state index >= 15 is 0 Å². The van der Waals surface area contributed by atoms with E-state index in [1.165, 1.54) is 17.5 Å². The van der Waals surface area contributed by atoms with Gasteiger partial charge in [-0.2, -0.15) is 0 Å². The van der Waals surface area contributed by atoms with E-state index in [9.17, 15) is 4.79 Å². The number of carbonyl (C=O) groups excluding carboxylic acids is 1. The molecule has 4 aromatic rings. The van der Waals surface area contributed by atoms with Crippen LogP contribution in [-0.4, -0.2) is 15.9 Å². The van der Waals surface area contributed by atoms with Gasteiger partial charge in [-0.1, -0.05) is 41.9 Å². The maximum absolute atomic E-state index is 12.3. The van der Waals surface area contributed by atoms with Crippen LogP contribution in [0.15, 0.2) is 78.4 Å². The first-order chi connectivity index (χ1) is 13.2. The van der Waals surface area contributed by atoms with Gasteiger partial charge < -0.3 is 5.32 Å². The molecule has 1 amide bonds. The van der Waals surface area contributed by atoms with E-state index < -0.39 is 0 Å². The number of thiazole rings is 1. The number of carbonyl (C=O) groups is 1. The first kappa shape index (κ1) is 17.4. The molecule has 2 aromatic heterocycles. The van der Waals surface area contributed by atoms with E-state index in [1.807, 2.05) is 53.9 Å². The molecule has 6 heteroatoms. The molecule has 27 heavy (non-hydrogen) atoms. The van der Waals surface area contributed by atoms with Crippen molar-refractivity contribution in [3.8, 4) is 21.8 Å². The second-order valence-electron chi connectivity index (χ2n) is 5.79. The van der Waals surface area contributed by atoms with Crippen molar-refractivity contribution in [2.45, 2.75) is 0 Å². The molecule has 4 rings (SSSR count). The minimum atomic E-state index is -0.199. The lowest BCUT2D eigenvalue weighted by Crippen LogP contribution is -2.11. The van der Waals surface area contributed by atoms with E-state index in [0.717, 1.165) is 21.8 Å².